The molecule has 2 amide bonds. The fraction of sp³-hybridized carbons (Fsp3) is 0.467. The van der Waals surface area contributed by atoms with Crippen LogP contribution in [0.1, 0.15) is 19.8 Å². The molecule has 1 aromatic carbocycles. The standard InChI is InChI=1S/C15H19N3O2S.ClH/c1-15(5-2-6-16-9-15)14(20)17-10-3-4-12-11(7-10)18-13(19)8-21-12;/h3-4,7,16H,2,5-6,8-9H2,1H3,(H,17,20)(H,18,19);1H. The number of amides is 2. The fourth-order valence-electron chi connectivity index (χ4n) is 2.69. The molecule has 22 heavy (non-hydrogen) atoms. The zero-order valence-corrected chi connectivity index (χ0v) is 14.0. The van der Waals surface area contributed by atoms with Crippen molar-refractivity contribution in [3.63, 3.8) is 0 Å². The summed E-state index contributed by atoms with van der Waals surface area (Å²) in [6.45, 7) is 3.67. The Morgan fingerprint density at radius 1 is 1.41 bits per heavy atom. The first kappa shape index (κ1) is 17.1. The molecule has 3 rings (SSSR count). The van der Waals surface area contributed by atoms with Crippen molar-refractivity contribution in [3.05, 3.63) is 18.2 Å². The molecule has 5 nitrogen and oxygen atoms in total. The molecule has 0 aromatic heterocycles. The number of benzene rings is 1. The lowest BCUT2D eigenvalue weighted by Gasteiger charge is -2.32. The van der Waals surface area contributed by atoms with Crippen LogP contribution in [0.4, 0.5) is 11.4 Å². The second-order valence-electron chi connectivity index (χ2n) is 5.84. The number of anilines is 2. The Kier molecular flexibility index (Phi) is 5.36. The Morgan fingerprint density at radius 2 is 2.23 bits per heavy atom. The lowest BCUT2D eigenvalue weighted by molar-refractivity contribution is -0.125. The molecule has 0 bridgehead atoms. The molecule has 0 spiro atoms. The van der Waals surface area contributed by atoms with Gasteiger partial charge in [0.15, 0.2) is 0 Å². The first-order valence-electron chi connectivity index (χ1n) is 7.16. The van der Waals surface area contributed by atoms with E-state index in [9.17, 15) is 9.59 Å². The van der Waals surface area contributed by atoms with Gasteiger partial charge < -0.3 is 16.0 Å². The minimum absolute atomic E-state index is 0. The van der Waals surface area contributed by atoms with Gasteiger partial charge in [0.2, 0.25) is 11.8 Å². The second-order valence-corrected chi connectivity index (χ2v) is 6.86. The van der Waals surface area contributed by atoms with Gasteiger partial charge in [-0.3, -0.25) is 9.59 Å². The molecule has 2 aliphatic heterocycles. The summed E-state index contributed by atoms with van der Waals surface area (Å²) in [5.41, 5.74) is 1.14. The second kappa shape index (κ2) is 6.89. The molecule has 0 saturated carbocycles. The highest BCUT2D eigenvalue weighted by molar-refractivity contribution is 8.00. The van der Waals surface area contributed by atoms with Gasteiger partial charge in [-0.15, -0.1) is 24.2 Å². The molecular formula is C15H20ClN3O2S. The summed E-state index contributed by atoms with van der Waals surface area (Å²) in [7, 11) is 0. The monoisotopic (exact) mass is 341 g/mol. The van der Waals surface area contributed by atoms with Crippen molar-refractivity contribution in [1.29, 1.82) is 0 Å². The van der Waals surface area contributed by atoms with E-state index in [1.807, 2.05) is 25.1 Å². The highest BCUT2D eigenvalue weighted by Gasteiger charge is 2.34. The SMILES string of the molecule is CC1(C(=O)Nc2ccc3c(c2)NC(=O)CS3)CCCNC1.Cl. The van der Waals surface area contributed by atoms with E-state index in [4.69, 9.17) is 0 Å². The summed E-state index contributed by atoms with van der Waals surface area (Å²) in [5.74, 6) is 0.478. The number of rotatable bonds is 2. The van der Waals surface area contributed by atoms with E-state index in [-0.39, 0.29) is 29.6 Å². The maximum atomic E-state index is 12.5. The average Bonchev–Trinajstić information content (AvgIpc) is 2.47. The predicted octanol–water partition coefficient (Wildman–Crippen LogP) is 2.48. The van der Waals surface area contributed by atoms with Crippen LogP contribution in [0.25, 0.3) is 0 Å². The molecule has 3 N–H and O–H groups in total. The van der Waals surface area contributed by atoms with Crippen molar-refractivity contribution in [2.45, 2.75) is 24.7 Å². The molecule has 2 heterocycles. The van der Waals surface area contributed by atoms with Gasteiger partial charge in [0.05, 0.1) is 16.9 Å². The fourth-order valence-corrected chi connectivity index (χ4v) is 3.48. The number of fused-ring (bicyclic) bond motifs is 1. The summed E-state index contributed by atoms with van der Waals surface area (Å²) in [4.78, 5) is 24.9. The van der Waals surface area contributed by atoms with Gasteiger partial charge in [-0.05, 0) is 44.5 Å². The molecule has 7 heteroatoms. The highest BCUT2D eigenvalue weighted by atomic mass is 35.5. The first-order chi connectivity index (χ1) is 10.1. The third-order valence-electron chi connectivity index (χ3n) is 4.02. The van der Waals surface area contributed by atoms with Gasteiger partial charge in [0.1, 0.15) is 0 Å². The van der Waals surface area contributed by atoms with E-state index in [1.54, 1.807) is 0 Å². The molecule has 1 unspecified atom stereocenters. The van der Waals surface area contributed by atoms with E-state index < -0.39 is 0 Å². The van der Waals surface area contributed by atoms with Crippen molar-refractivity contribution in [3.8, 4) is 0 Å². The number of carbonyl (C=O) groups is 2. The summed E-state index contributed by atoms with van der Waals surface area (Å²) >= 11 is 1.52. The zero-order valence-electron chi connectivity index (χ0n) is 12.4. The average molecular weight is 342 g/mol. The number of nitrogens with one attached hydrogen (secondary N) is 3. The summed E-state index contributed by atoms with van der Waals surface area (Å²) in [5, 5.41) is 9.09. The van der Waals surface area contributed by atoms with Crippen molar-refractivity contribution in [2.24, 2.45) is 5.41 Å². The van der Waals surface area contributed by atoms with E-state index in [0.717, 1.165) is 35.7 Å². The van der Waals surface area contributed by atoms with Crippen LogP contribution in [0.5, 0.6) is 0 Å². The van der Waals surface area contributed by atoms with Gasteiger partial charge in [0.25, 0.3) is 0 Å². The molecule has 1 saturated heterocycles. The molecule has 120 valence electrons. The molecule has 2 aliphatic rings. The Labute approximate surface area is 140 Å². The van der Waals surface area contributed by atoms with E-state index in [1.165, 1.54) is 11.8 Å². The number of halogens is 1. The third kappa shape index (κ3) is 3.56. The maximum absolute atomic E-state index is 12.5. The topological polar surface area (TPSA) is 70.2 Å². The Hall–Kier alpha value is -1.24. The Bertz CT molecular complexity index is 588. The van der Waals surface area contributed by atoms with E-state index in [2.05, 4.69) is 16.0 Å². The minimum Gasteiger partial charge on any atom is -0.326 e. The van der Waals surface area contributed by atoms with E-state index >= 15 is 0 Å². The number of piperidine rings is 1. The summed E-state index contributed by atoms with van der Waals surface area (Å²) in [6.07, 6.45) is 1.91. The van der Waals surface area contributed by atoms with Crippen LogP contribution in [-0.2, 0) is 9.59 Å². The quantitative estimate of drug-likeness (QED) is 0.773. The van der Waals surface area contributed by atoms with Gasteiger partial charge in [-0.25, -0.2) is 0 Å². The van der Waals surface area contributed by atoms with Crippen LogP contribution in [0.2, 0.25) is 0 Å². The zero-order chi connectivity index (χ0) is 14.9. The molecule has 1 atom stereocenters. The van der Waals surface area contributed by atoms with Gasteiger partial charge in [0, 0.05) is 17.1 Å². The van der Waals surface area contributed by atoms with Crippen molar-refractivity contribution in [1.82, 2.24) is 5.32 Å². The van der Waals surface area contributed by atoms with E-state index in [0.29, 0.717) is 12.3 Å². The van der Waals surface area contributed by atoms with Crippen LogP contribution in [0.3, 0.4) is 0 Å². The first-order valence-corrected chi connectivity index (χ1v) is 8.14. The predicted molar refractivity (Wildman–Crippen MR) is 91.9 cm³/mol. The minimum atomic E-state index is -0.369. The number of thioether (sulfide) groups is 1. The van der Waals surface area contributed by atoms with Gasteiger partial charge in [-0.1, -0.05) is 0 Å². The van der Waals surface area contributed by atoms with Crippen LogP contribution < -0.4 is 16.0 Å². The lowest BCUT2D eigenvalue weighted by atomic mass is 9.82. The van der Waals surface area contributed by atoms with Crippen molar-refractivity contribution < 1.29 is 9.59 Å². The van der Waals surface area contributed by atoms with Crippen LogP contribution in [-0.4, -0.2) is 30.7 Å². The van der Waals surface area contributed by atoms with Crippen molar-refractivity contribution in [2.75, 3.05) is 29.5 Å². The normalized spacial score (nSPS) is 23.8. The summed E-state index contributed by atoms with van der Waals surface area (Å²) < 4.78 is 0. The summed E-state index contributed by atoms with van der Waals surface area (Å²) in [6, 6.07) is 5.66. The molecule has 1 fully saturated rings. The van der Waals surface area contributed by atoms with Crippen molar-refractivity contribution >= 4 is 47.4 Å². The smallest absolute Gasteiger partial charge is 0.234 e. The molecular weight excluding hydrogens is 322 g/mol. The van der Waals surface area contributed by atoms with Gasteiger partial charge in [-0.2, -0.15) is 0 Å². The van der Waals surface area contributed by atoms with Crippen LogP contribution >= 0.6 is 24.2 Å². The lowest BCUT2D eigenvalue weighted by Crippen LogP contribution is -2.46. The maximum Gasteiger partial charge on any atom is 0.234 e. The highest BCUT2D eigenvalue weighted by Crippen LogP contribution is 2.34. The van der Waals surface area contributed by atoms with Gasteiger partial charge >= 0.3 is 0 Å². The van der Waals surface area contributed by atoms with Crippen LogP contribution in [0.15, 0.2) is 23.1 Å². The Morgan fingerprint density at radius 3 is 2.95 bits per heavy atom. The number of hydrogen-bond acceptors (Lipinski definition) is 4. The largest absolute Gasteiger partial charge is 0.326 e. The number of carbonyl (C=O) groups excluding carboxylic acids is 2. The third-order valence-corrected chi connectivity index (χ3v) is 5.09. The Balaban J connectivity index is 0.00000176. The molecule has 1 aromatic rings. The van der Waals surface area contributed by atoms with Crippen LogP contribution in [0, 0.1) is 5.41 Å². The number of hydrogen-bond donors (Lipinski definition) is 3. The molecule has 0 aliphatic carbocycles. The molecule has 0 radical (unpaired) electrons.